The largest absolute Gasteiger partial charge is 0.494 e. The summed E-state index contributed by atoms with van der Waals surface area (Å²) in [5.41, 5.74) is 0. The maximum Gasteiger partial charge on any atom is 0.138 e. The Kier molecular flexibility index (Phi) is 4.73. The van der Waals surface area contributed by atoms with Crippen LogP contribution in [0.4, 0.5) is 0 Å². The molecule has 0 bridgehead atoms. The summed E-state index contributed by atoms with van der Waals surface area (Å²) in [7, 11) is -0.669. The molecule has 0 radical (unpaired) electrons. The maximum atomic E-state index is 5.70. The topological polar surface area (TPSA) is 18.5 Å². The summed E-state index contributed by atoms with van der Waals surface area (Å²) in [5.74, 6) is 1.65. The fraction of sp³-hybridized carbons (Fsp3) is 0.143. The minimum atomic E-state index is -0.669. The molecule has 4 heteroatoms. The van der Waals surface area contributed by atoms with Crippen molar-refractivity contribution in [3.63, 3.8) is 0 Å². The van der Waals surface area contributed by atoms with Crippen molar-refractivity contribution in [2.75, 3.05) is 6.61 Å². The summed E-state index contributed by atoms with van der Waals surface area (Å²) in [6.07, 6.45) is 0. The Balaban J connectivity index is 2.05. The van der Waals surface area contributed by atoms with Gasteiger partial charge in [-0.25, -0.2) is 0 Å². The lowest BCUT2D eigenvalue weighted by molar-refractivity contribution is 0.340. The van der Waals surface area contributed by atoms with Gasteiger partial charge < -0.3 is 8.92 Å². The Morgan fingerprint density at radius 1 is 0.944 bits per heavy atom. The van der Waals surface area contributed by atoms with Gasteiger partial charge in [-0.15, -0.1) is 0 Å². The van der Waals surface area contributed by atoms with Crippen molar-refractivity contribution in [3.05, 3.63) is 54.6 Å². The highest BCUT2D eigenvalue weighted by atomic mass is 32.8. The second-order valence-corrected chi connectivity index (χ2v) is 5.55. The maximum absolute atomic E-state index is 5.70. The Morgan fingerprint density at radius 3 is 2.22 bits per heavy atom. The van der Waals surface area contributed by atoms with Gasteiger partial charge in [-0.3, -0.25) is 0 Å². The summed E-state index contributed by atoms with van der Waals surface area (Å²) < 4.78 is 11.1. The predicted octanol–water partition coefficient (Wildman–Crippen LogP) is 3.52. The van der Waals surface area contributed by atoms with Crippen molar-refractivity contribution in [3.8, 4) is 11.5 Å². The zero-order valence-corrected chi connectivity index (χ0v) is 11.7. The van der Waals surface area contributed by atoms with Gasteiger partial charge in [-0.2, -0.15) is 0 Å². The molecule has 18 heavy (non-hydrogen) atoms. The summed E-state index contributed by atoms with van der Waals surface area (Å²) >= 11 is 5.36. The van der Waals surface area contributed by atoms with E-state index in [-0.39, 0.29) is 0 Å². The lowest BCUT2D eigenvalue weighted by atomic mass is 10.3. The molecule has 0 fully saturated rings. The Labute approximate surface area is 114 Å². The molecule has 2 aromatic rings. The molecule has 2 aromatic carbocycles. The summed E-state index contributed by atoms with van der Waals surface area (Å²) in [6, 6.07) is 17.3. The van der Waals surface area contributed by atoms with Crippen LogP contribution in [0.15, 0.2) is 59.5 Å². The van der Waals surface area contributed by atoms with E-state index in [0.717, 1.165) is 16.4 Å². The van der Waals surface area contributed by atoms with Gasteiger partial charge in [0.2, 0.25) is 0 Å². The van der Waals surface area contributed by atoms with Gasteiger partial charge in [0.15, 0.2) is 0 Å². The highest BCUT2D eigenvalue weighted by Crippen LogP contribution is 2.18. The number of rotatable bonds is 5. The Morgan fingerprint density at radius 2 is 1.61 bits per heavy atom. The quantitative estimate of drug-likeness (QED) is 0.834. The first kappa shape index (κ1) is 13.1. The number of hydrogen-bond acceptors (Lipinski definition) is 3. The summed E-state index contributed by atoms with van der Waals surface area (Å²) in [4.78, 5) is 0.984. The molecule has 0 amide bonds. The second-order valence-electron chi connectivity index (χ2n) is 3.54. The van der Waals surface area contributed by atoms with E-state index < -0.39 is 9.74 Å². The van der Waals surface area contributed by atoms with E-state index in [0.29, 0.717) is 6.61 Å². The van der Waals surface area contributed by atoms with E-state index in [9.17, 15) is 0 Å². The lowest BCUT2D eigenvalue weighted by Crippen LogP contribution is -1.99. The van der Waals surface area contributed by atoms with Crippen LogP contribution in [0, 0.1) is 0 Å². The molecule has 0 aliphatic rings. The molecule has 1 atom stereocenters. The van der Waals surface area contributed by atoms with Crippen LogP contribution in [0.3, 0.4) is 0 Å². The number of hydrogen-bond donors (Lipinski definition) is 0. The van der Waals surface area contributed by atoms with E-state index in [4.69, 9.17) is 20.1 Å². The van der Waals surface area contributed by atoms with Gasteiger partial charge in [0.05, 0.1) is 16.3 Å². The van der Waals surface area contributed by atoms with Gasteiger partial charge in [0.1, 0.15) is 11.5 Å². The van der Waals surface area contributed by atoms with Crippen LogP contribution in [-0.2, 0) is 20.9 Å². The molecule has 0 aromatic heterocycles. The third-order valence-corrected chi connectivity index (χ3v) is 4.02. The van der Waals surface area contributed by atoms with Crippen LogP contribution >= 0.6 is 0 Å². The fourth-order valence-electron chi connectivity index (χ4n) is 1.43. The minimum Gasteiger partial charge on any atom is -0.494 e. The minimum absolute atomic E-state index is 0.666. The third kappa shape index (κ3) is 3.55. The highest BCUT2D eigenvalue weighted by molar-refractivity contribution is 8.26. The van der Waals surface area contributed by atoms with Crippen LogP contribution in [-0.4, -0.2) is 6.61 Å². The zero-order valence-electron chi connectivity index (χ0n) is 10.0. The fourth-order valence-corrected chi connectivity index (χ4v) is 2.73. The average molecular weight is 278 g/mol. The molecule has 0 spiro atoms. The molecular formula is C14H14O2S2. The van der Waals surface area contributed by atoms with Crippen molar-refractivity contribution in [2.45, 2.75) is 11.8 Å². The van der Waals surface area contributed by atoms with E-state index >= 15 is 0 Å². The molecule has 0 heterocycles. The zero-order chi connectivity index (χ0) is 12.8. The average Bonchev–Trinajstić information content (AvgIpc) is 2.41. The SMILES string of the molecule is CCOc1ccc(S(=S)Oc2ccccc2)cc1. The molecule has 2 rings (SSSR count). The first-order chi connectivity index (χ1) is 8.79. The van der Waals surface area contributed by atoms with E-state index in [2.05, 4.69) is 0 Å². The van der Waals surface area contributed by atoms with Gasteiger partial charge in [-0.05, 0) is 54.5 Å². The Bertz CT molecular complexity index is 509. The van der Waals surface area contributed by atoms with Crippen molar-refractivity contribution in [2.24, 2.45) is 0 Å². The standard InChI is InChI=1S/C14H14O2S2/c1-2-15-12-8-10-14(11-9-12)18(17)16-13-6-4-3-5-7-13/h3-11H,2H2,1H3. The van der Waals surface area contributed by atoms with Crippen molar-refractivity contribution in [1.82, 2.24) is 0 Å². The van der Waals surface area contributed by atoms with Crippen LogP contribution in [0.25, 0.3) is 0 Å². The van der Waals surface area contributed by atoms with E-state index in [1.165, 1.54) is 0 Å². The van der Waals surface area contributed by atoms with Crippen molar-refractivity contribution in [1.29, 1.82) is 0 Å². The van der Waals surface area contributed by atoms with E-state index in [1.807, 2.05) is 61.5 Å². The molecule has 0 aliphatic carbocycles. The number of benzene rings is 2. The lowest BCUT2D eigenvalue weighted by Gasteiger charge is -2.08. The summed E-state index contributed by atoms with van der Waals surface area (Å²) in [6.45, 7) is 2.63. The third-order valence-electron chi connectivity index (χ3n) is 2.24. The van der Waals surface area contributed by atoms with Gasteiger partial charge >= 0.3 is 0 Å². The number of para-hydroxylation sites is 1. The second kappa shape index (κ2) is 6.52. The molecule has 0 aliphatic heterocycles. The monoisotopic (exact) mass is 278 g/mol. The molecular weight excluding hydrogens is 264 g/mol. The first-order valence-electron chi connectivity index (χ1n) is 5.67. The van der Waals surface area contributed by atoms with Crippen molar-refractivity contribution >= 4 is 20.9 Å². The highest BCUT2D eigenvalue weighted by Gasteiger charge is 2.02. The molecule has 0 saturated heterocycles. The smallest absolute Gasteiger partial charge is 0.138 e. The van der Waals surface area contributed by atoms with Crippen LogP contribution < -0.4 is 8.92 Å². The first-order valence-corrected chi connectivity index (χ1v) is 7.75. The van der Waals surface area contributed by atoms with Gasteiger partial charge in [0.25, 0.3) is 0 Å². The van der Waals surface area contributed by atoms with Crippen LogP contribution in [0.5, 0.6) is 11.5 Å². The van der Waals surface area contributed by atoms with Gasteiger partial charge in [-0.1, -0.05) is 18.2 Å². The molecule has 94 valence electrons. The number of ether oxygens (including phenoxy) is 1. The molecule has 0 saturated carbocycles. The molecule has 1 unspecified atom stereocenters. The van der Waals surface area contributed by atoms with Crippen LogP contribution in [0.1, 0.15) is 6.92 Å². The van der Waals surface area contributed by atoms with Crippen molar-refractivity contribution < 1.29 is 8.92 Å². The predicted molar refractivity (Wildman–Crippen MR) is 77.7 cm³/mol. The van der Waals surface area contributed by atoms with E-state index in [1.54, 1.807) is 0 Å². The normalized spacial score (nSPS) is 11.8. The molecule has 0 N–H and O–H groups in total. The van der Waals surface area contributed by atoms with Gasteiger partial charge in [0, 0.05) is 4.90 Å². The van der Waals surface area contributed by atoms with Crippen LogP contribution in [0.2, 0.25) is 0 Å². The Hall–Kier alpha value is -1.39. The molecule has 2 nitrogen and oxygen atoms in total. The summed E-state index contributed by atoms with van der Waals surface area (Å²) in [5, 5.41) is 0.